The van der Waals surface area contributed by atoms with Crippen LogP contribution >= 0.6 is 0 Å². The maximum atomic E-state index is 12.6. The number of benzene rings is 1. The molecule has 0 aliphatic carbocycles. The van der Waals surface area contributed by atoms with E-state index < -0.39 is 18.1 Å². The molecule has 0 saturated carbocycles. The minimum Gasteiger partial charge on any atom is -0.480 e. The van der Waals surface area contributed by atoms with Crippen LogP contribution in [0.25, 0.3) is 0 Å². The number of aliphatic carboxylic acids is 1. The number of nitrogens with zero attached hydrogens (tertiary/aromatic N) is 1. The van der Waals surface area contributed by atoms with Gasteiger partial charge < -0.3 is 20.1 Å². The van der Waals surface area contributed by atoms with Gasteiger partial charge >= 0.3 is 5.97 Å². The highest BCUT2D eigenvalue weighted by Crippen LogP contribution is 2.34. The molecule has 7 nitrogen and oxygen atoms in total. The molecule has 0 aromatic heterocycles. The van der Waals surface area contributed by atoms with Crippen LogP contribution in [0.15, 0.2) is 24.3 Å². The van der Waals surface area contributed by atoms with E-state index in [1.54, 1.807) is 23.1 Å². The number of hydrogen-bond acceptors (Lipinski definition) is 4. The van der Waals surface area contributed by atoms with Crippen LogP contribution < -0.4 is 15.0 Å². The summed E-state index contributed by atoms with van der Waals surface area (Å²) in [4.78, 5) is 37.6. The first kappa shape index (κ1) is 19.8. The third-order valence-corrected chi connectivity index (χ3v) is 4.38. The number of nitrogens with one attached hydrogen (secondary N) is 1. The molecule has 1 heterocycles. The fraction of sp³-hybridized carbons (Fsp3) is 0.526. The van der Waals surface area contributed by atoms with Crippen molar-refractivity contribution < 1.29 is 24.2 Å². The molecule has 1 aromatic carbocycles. The smallest absolute Gasteiger partial charge is 0.326 e. The van der Waals surface area contributed by atoms with E-state index in [1.165, 1.54) is 0 Å². The SMILES string of the molecule is CCCCC(NC(=O)CCN1C(=O)C(CC)Oc2ccccc21)C(=O)O. The van der Waals surface area contributed by atoms with Crippen LogP contribution in [0, 0.1) is 0 Å². The van der Waals surface area contributed by atoms with Crippen LogP contribution in [-0.4, -0.2) is 41.6 Å². The van der Waals surface area contributed by atoms with E-state index in [0.29, 0.717) is 24.3 Å². The minimum absolute atomic E-state index is 0.0341. The van der Waals surface area contributed by atoms with Gasteiger partial charge in [0.05, 0.1) is 5.69 Å². The van der Waals surface area contributed by atoms with Crippen molar-refractivity contribution >= 4 is 23.5 Å². The van der Waals surface area contributed by atoms with Crippen molar-refractivity contribution in [1.82, 2.24) is 5.32 Å². The number of carboxylic acids is 1. The second kappa shape index (κ2) is 9.22. The van der Waals surface area contributed by atoms with Gasteiger partial charge in [0, 0.05) is 13.0 Å². The molecular weight excluding hydrogens is 336 g/mol. The molecule has 2 atom stereocenters. The average Bonchev–Trinajstić information content (AvgIpc) is 2.63. The fourth-order valence-electron chi connectivity index (χ4n) is 2.91. The number of rotatable bonds is 9. The zero-order valence-corrected chi connectivity index (χ0v) is 15.2. The van der Waals surface area contributed by atoms with Gasteiger partial charge in [-0.2, -0.15) is 0 Å². The summed E-state index contributed by atoms with van der Waals surface area (Å²) >= 11 is 0. The Bertz CT molecular complexity index is 661. The van der Waals surface area contributed by atoms with E-state index in [1.807, 2.05) is 19.9 Å². The molecule has 7 heteroatoms. The number of hydrogen-bond donors (Lipinski definition) is 2. The lowest BCUT2D eigenvalue weighted by Gasteiger charge is -2.34. The van der Waals surface area contributed by atoms with E-state index in [2.05, 4.69) is 5.32 Å². The zero-order valence-electron chi connectivity index (χ0n) is 15.2. The number of para-hydroxylation sites is 2. The van der Waals surface area contributed by atoms with E-state index in [-0.39, 0.29) is 24.8 Å². The molecule has 0 spiro atoms. The molecule has 2 rings (SSSR count). The van der Waals surface area contributed by atoms with Crippen molar-refractivity contribution in [3.05, 3.63) is 24.3 Å². The number of anilines is 1. The molecule has 0 fully saturated rings. The summed E-state index contributed by atoms with van der Waals surface area (Å²) in [5.74, 6) is -0.977. The Hall–Kier alpha value is -2.57. The summed E-state index contributed by atoms with van der Waals surface area (Å²) in [6, 6.07) is 6.32. The molecule has 142 valence electrons. The third kappa shape index (κ3) is 4.74. The Morgan fingerprint density at radius 1 is 1.31 bits per heavy atom. The normalized spacial score (nSPS) is 17.2. The molecular formula is C19H26N2O5. The molecule has 1 aliphatic heterocycles. The number of carboxylic acid groups (broad SMARTS) is 1. The van der Waals surface area contributed by atoms with Crippen molar-refractivity contribution in [2.45, 2.75) is 58.1 Å². The van der Waals surface area contributed by atoms with E-state index in [4.69, 9.17) is 4.74 Å². The Labute approximate surface area is 153 Å². The lowest BCUT2D eigenvalue weighted by atomic mass is 10.1. The van der Waals surface area contributed by atoms with Crippen molar-refractivity contribution in [3.63, 3.8) is 0 Å². The van der Waals surface area contributed by atoms with Gasteiger partial charge in [0.2, 0.25) is 5.91 Å². The largest absolute Gasteiger partial charge is 0.480 e. The highest BCUT2D eigenvalue weighted by molar-refractivity contribution is 6.00. The molecule has 1 aromatic rings. The van der Waals surface area contributed by atoms with Gasteiger partial charge in [-0.05, 0) is 25.0 Å². The predicted molar refractivity (Wildman–Crippen MR) is 97.2 cm³/mol. The van der Waals surface area contributed by atoms with E-state index >= 15 is 0 Å². The first-order valence-corrected chi connectivity index (χ1v) is 9.07. The van der Waals surface area contributed by atoms with Gasteiger partial charge in [0.1, 0.15) is 11.8 Å². The minimum atomic E-state index is -1.04. The number of carbonyl (C=O) groups is 3. The van der Waals surface area contributed by atoms with E-state index in [9.17, 15) is 19.5 Å². The average molecular weight is 362 g/mol. The first-order valence-electron chi connectivity index (χ1n) is 9.07. The molecule has 1 aliphatic rings. The van der Waals surface area contributed by atoms with Crippen LogP contribution in [0.1, 0.15) is 46.0 Å². The van der Waals surface area contributed by atoms with Crippen LogP contribution in [0.2, 0.25) is 0 Å². The van der Waals surface area contributed by atoms with Crippen LogP contribution in [0.3, 0.4) is 0 Å². The lowest BCUT2D eigenvalue weighted by molar-refractivity contribution is -0.142. The number of unbranched alkanes of at least 4 members (excludes halogenated alkanes) is 1. The Kier molecular flexibility index (Phi) is 7.00. The highest BCUT2D eigenvalue weighted by Gasteiger charge is 2.33. The quantitative estimate of drug-likeness (QED) is 0.703. The number of amides is 2. The predicted octanol–water partition coefficient (Wildman–Crippen LogP) is 2.34. The fourth-order valence-corrected chi connectivity index (χ4v) is 2.91. The van der Waals surface area contributed by atoms with Gasteiger partial charge in [-0.25, -0.2) is 4.79 Å². The Balaban J connectivity index is 2.02. The van der Waals surface area contributed by atoms with Crippen LogP contribution in [0.4, 0.5) is 5.69 Å². The van der Waals surface area contributed by atoms with Crippen molar-refractivity contribution in [3.8, 4) is 5.75 Å². The topological polar surface area (TPSA) is 95.9 Å². The third-order valence-electron chi connectivity index (χ3n) is 4.38. The van der Waals surface area contributed by atoms with Crippen LogP contribution in [-0.2, 0) is 14.4 Å². The van der Waals surface area contributed by atoms with Crippen molar-refractivity contribution in [1.29, 1.82) is 0 Å². The maximum Gasteiger partial charge on any atom is 0.326 e. The summed E-state index contributed by atoms with van der Waals surface area (Å²) < 4.78 is 5.70. The second-order valence-electron chi connectivity index (χ2n) is 6.32. The van der Waals surface area contributed by atoms with Crippen LogP contribution in [0.5, 0.6) is 5.75 Å². The molecule has 0 saturated heterocycles. The van der Waals surface area contributed by atoms with Gasteiger partial charge in [-0.3, -0.25) is 9.59 Å². The zero-order chi connectivity index (χ0) is 19.1. The number of fused-ring (bicyclic) bond motifs is 1. The monoisotopic (exact) mass is 362 g/mol. The molecule has 0 bridgehead atoms. The summed E-state index contributed by atoms with van der Waals surface area (Å²) in [6.07, 6.45) is 1.99. The highest BCUT2D eigenvalue weighted by atomic mass is 16.5. The Morgan fingerprint density at radius 2 is 2.04 bits per heavy atom. The molecule has 2 unspecified atom stereocenters. The van der Waals surface area contributed by atoms with Crippen molar-refractivity contribution in [2.24, 2.45) is 0 Å². The van der Waals surface area contributed by atoms with Gasteiger partial charge in [-0.1, -0.05) is 38.8 Å². The standard InChI is InChI=1S/C19H26N2O5/c1-3-5-8-13(19(24)25)20-17(22)11-12-21-14-9-6-7-10-16(14)26-15(4-2)18(21)23/h6-7,9-10,13,15H,3-5,8,11-12H2,1-2H3,(H,20,22)(H,24,25). The number of carbonyl (C=O) groups excluding carboxylic acids is 2. The lowest BCUT2D eigenvalue weighted by Crippen LogP contribution is -2.47. The molecule has 26 heavy (non-hydrogen) atoms. The second-order valence-corrected chi connectivity index (χ2v) is 6.32. The summed E-state index contributed by atoms with van der Waals surface area (Å²) in [5, 5.41) is 11.8. The van der Waals surface area contributed by atoms with E-state index in [0.717, 1.165) is 12.8 Å². The molecule has 2 N–H and O–H groups in total. The summed E-state index contributed by atoms with van der Waals surface area (Å²) in [6.45, 7) is 4.01. The molecule has 2 amide bonds. The first-order chi connectivity index (χ1) is 12.5. The van der Waals surface area contributed by atoms with Gasteiger partial charge in [0.25, 0.3) is 5.91 Å². The van der Waals surface area contributed by atoms with Gasteiger partial charge in [0.15, 0.2) is 6.10 Å². The summed E-state index contributed by atoms with van der Waals surface area (Å²) in [7, 11) is 0. The van der Waals surface area contributed by atoms with Crippen molar-refractivity contribution in [2.75, 3.05) is 11.4 Å². The van der Waals surface area contributed by atoms with Gasteiger partial charge in [-0.15, -0.1) is 0 Å². The molecule has 0 radical (unpaired) electrons. The Morgan fingerprint density at radius 3 is 2.69 bits per heavy atom. The maximum absolute atomic E-state index is 12.6. The summed E-state index contributed by atoms with van der Waals surface area (Å²) in [5.41, 5.74) is 0.635. The number of ether oxygens (including phenoxy) is 1.